The van der Waals surface area contributed by atoms with Crippen LogP contribution in [0.3, 0.4) is 0 Å². The van der Waals surface area contributed by atoms with Crippen LogP contribution in [0.4, 0.5) is 0 Å². The van der Waals surface area contributed by atoms with Crippen LogP contribution in [-0.2, 0) is 0 Å². The Kier molecular flexibility index (Phi) is 5.59. The van der Waals surface area contributed by atoms with E-state index in [4.69, 9.17) is 0 Å². The molecule has 0 aliphatic rings. The van der Waals surface area contributed by atoms with E-state index in [0.717, 1.165) is 0 Å². The van der Waals surface area contributed by atoms with Gasteiger partial charge in [0.15, 0.2) is 0 Å². The Balaban J connectivity index is 1.19. The van der Waals surface area contributed by atoms with Crippen molar-refractivity contribution in [1.82, 2.24) is 0 Å². The third-order valence-corrected chi connectivity index (χ3v) is 11.8. The lowest BCUT2D eigenvalue weighted by atomic mass is 9.84. The molecule has 0 radical (unpaired) electrons. The van der Waals surface area contributed by atoms with E-state index >= 15 is 0 Å². The van der Waals surface area contributed by atoms with Crippen molar-refractivity contribution in [2.75, 3.05) is 0 Å². The zero-order chi connectivity index (χ0) is 33.9. The minimum atomic E-state index is 1.24. The molecular formula is C52H30. The molecule has 0 saturated carbocycles. The Morgan fingerprint density at radius 3 is 1.06 bits per heavy atom. The topological polar surface area (TPSA) is 0 Å². The van der Waals surface area contributed by atoms with E-state index in [1.807, 2.05) is 0 Å². The minimum Gasteiger partial charge on any atom is -0.0622 e. The molecule has 52 heavy (non-hydrogen) atoms. The highest BCUT2D eigenvalue weighted by atomic mass is 14.2. The third kappa shape index (κ3) is 3.66. The van der Waals surface area contributed by atoms with Crippen molar-refractivity contribution in [2.45, 2.75) is 0 Å². The van der Waals surface area contributed by atoms with Crippen molar-refractivity contribution in [3.05, 3.63) is 182 Å². The van der Waals surface area contributed by atoms with Crippen molar-refractivity contribution in [3.63, 3.8) is 0 Å². The summed E-state index contributed by atoms with van der Waals surface area (Å²) in [6, 6.07) is 68.0. The first-order chi connectivity index (χ1) is 25.8. The second kappa shape index (κ2) is 10.4. The second-order valence-electron chi connectivity index (χ2n) is 14.3. The van der Waals surface area contributed by atoms with Gasteiger partial charge in [-0.2, -0.15) is 0 Å². The Bertz CT molecular complexity index is 3410. The fourth-order valence-electron chi connectivity index (χ4n) is 9.62. The second-order valence-corrected chi connectivity index (χ2v) is 14.3. The van der Waals surface area contributed by atoms with Crippen molar-refractivity contribution >= 4 is 97.0 Å². The molecule has 0 heteroatoms. The predicted molar refractivity (Wildman–Crippen MR) is 226 cm³/mol. The van der Waals surface area contributed by atoms with Crippen molar-refractivity contribution in [2.24, 2.45) is 0 Å². The molecule has 0 atom stereocenters. The number of rotatable bonds is 2. The average Bonchev–Trinajstić information content (AvgIpc) is 3.22. The molecule has 0 bridgehead atoms. The molecule has 238 valence electrons. The highest BCUT2D eigenvalue weighted by Gasteiger charge is 2.19. The summed E-state index contributed by atoms with van der Waals surface area (Å²) in [5, 5.41) is 23.7. The highest BCUT2D eigenvalue weighted by Crippen LogP contribution is 2.47. The van der Waals surface area contributed by atoms with E-state index in [1.165, 1.54) is 119 Å². The molecular weight excluding hydrogens is 625 g/mol. The zero-order valence-electron chi connectivity index (χ0n) is 28.3. The summed E-state index contributed by atoms with van der Waals surface area (Å²) in [6.45, 7) is 0. The van der Waals surface area contributed by atoms with Gasteiger partial charge in [0.25, 0.3) is 0 Å². The lowest BCUT2D eigenvalue weighted by molar-refractivity contribution is 1.66. The van der Waals surface area contributed by atoms with Crippen molar-refractivity contribution in [3.8, 4) is 22.3 Å². The molecule has 0 saturated heterocycles. The smallest absolute Gasteiger partial charge is 0.00137 e. The number of hydrogen-bond donors (Lipinski definition) is 0. The molecule has 0 amide bonds. The van der Waals surface area contributed by atoms with Gasteiger partial charge in [0.2, 0.25) is 0 Å². The maximum atomic E-state index is 2.47. The van der Waals surface area contributed by atoms with E-state index in [9.17, 15) is 0 Å². The van der Waals surface area contributed by atoms with E-state index in [-0.39, 0.29) is 0 Å². The van der Waals surface area contributed by atoms with E-state index in [2.05, 4.69) is 182 Å². The van der Waals surface area contributed by atoms with Gasteiger partial charge in [-0.05, 0) is 125 Å². The number of fused-ring (bicyclic) bond motifs is 13. The molecule has 0 N–H and O–H groups in total. The van der Waals surface area contributed by atoms with Crippen LogP contribution >= 0.6 is 0 Å². The van der Waals surface area contributed by atoms with Crippen LogP contribution in [0.1, 0.15) is 0 Å². The normalized spacial score (nSPS) is 12.2. The Labute approximate surface area is 300 Å². The summed E-state index contributed by atoms with van der Waals surface area (Å²) in [5.74, 6) is 0. The molecule has 0 spiro atoms. The van der Waals surface area contributed by atoms with Crippen LogP contribution in [0.5, 0.6) is 0 Å². The SMILES string of the molecule is c1ccc(-c2ccc3c4ccc(-c5ccc6c7ccccc7c7c8ccccc8c8ccccc8c7c6c5)c5cccc(c6cccc2c63)c54)cc1. The molecule has 0 aromatic heterocycles. The molecule has 0 fully saturated rings. The van der Waals surface area contributed by atoms with E-state index < -0.39 is 0 Å². The molecule has 12 rings (SSSR count). The van der Waals surface area contributed by atoms with Crippen LogP contribution in [0.15, 0.2) is 182 Å². The maximum absolute atomic E-state index is 2.47. The van der Waals surface area contributed by atoms with Gasteiger partial charge in [0.05, 0.1) is 0 Å². The molecule has 0 aliphatic carbocycles. The van der Waals surface area contributed by atoms with Crippen LogP contribution < -0.4 is 0 Å². The summed E-state index contributed by atoms with van der Waals surface area (Å²) in [7, 11) is 0. The van der Waals surface area contributed by atoms with Crippen LogP contribution in [0.25, 0.3) is 119 Å². The summed E-state index contributed by atoms with van der Waals surface area (Å²) >= 11 is 0. The van der Waals surface area contributed by atoms with Gasteiger partial charge in [-0.15, -0.1) is 0 Å². The lowest BCUT2D eigenvalue weighted by Gasteiger charge is -2.19. The van der Waals surface area contributed by atoms with Crippen LogP contribution in [-0.4, -0.2) is 0 Å². The largest absolute Gasteiger partial charge is 0.0622 e. The van der Waals surface area contributed by atoms with Crippen LogP contribution in [0, 0.1) is 0 Å². The molecule has 0 heterocycles. The van der Waals surface area contributed by atoms with Gasteiger partial charge < -0.3 is 0 Å². The molecule has 0 aliphatic heterocycles. The first-order valence-electron chi connectivity index (χ1n) is 18.2. The molecule has 12 aromatic carbocycles. The number of hydrogen-bond acceptors (Lipinski definition) is 0. The summed E-state index contributed by atoms with van der Waals surface area (Å²) in [5.41, 5.74) is 5.05. The third-order valence-electron chi connectivity index (χ3n) is 11.8. The quantitative estimate of drug-likeness (QED) is 0.129. The average molecular weight is 655 g/mol. The summed E-state index contributed by atoms with van der Waals surface area (Å²) in [4.78, 5) is 0. The van der Waals surface area contributed by atoms with Gasteiger partial charge in [-0.25, -0.2) is 0 Å². The fraction of sp³-hybridized carbons (Fsp3) is 0. The monoisotopic (exact) mass is 654 g/mol. The first kappa shape index (κ1) is 28.0. The number of benzene rings is 12. The van der Waals surface area contributed by atoms with Gasteiger partial charge in [-0.3, -0.25) is 0 Å². The lowest BCUT2D eigenvalue weighted by Crippen LogP contribution is -1.91. The molecule has 0 nitrogen and oxygen atoms in total. The Morgan fingerprint density at radius 1 is 0.173 bits per heavy atom. The molecule has 12 aromatic rings. The Morgan fingerprint density at radius 2 is 0.519 bits per heavy atom. The van der Waals surface area contributed by atoms with Gasteiger partial charge in [0.1, 0.15) is 0 Å². The Hall–Kier alpha value is -6.76. The van der Waals surface area contributed by atoms with Gasteiger partial charge >= 0.3 is 0 Å². The highest BCUT2D eigenvalue weighted by molar-refractivity contribution is 6.40. The first-order valence-corrected chi connectivity index (χ1v) is 18.2. The van der Waals surface area contributed by atoms with E-state index in [0.29, 0.717) is 0 Å². The van der Waals surface area contributed by atoms with Crippen LogP contribution in [0.2, 0.25) is 0 Å². The minimum absolute atomic E-state index is 1.24. The molecule has 0 unspecified atom stereocenters. The zero-order valence-corrected chi connectivity index (χ0v) is 28.3. The summed E-state index contributed by atoms with van der Waals surface area (Å²) < 4.78 is 0. The fourth-order valence-corrected chi connectivity index (χ4v) is 9.62. The van der Waals surface area contributed by atoms with Gasteiger partial charge in [0, 0.05) is 0 Å². The maximum Gasteiger partial charge on any atom is -0.00137 e. The van der Waals surface area contributed by atoms with E-state index in [1.54, 1.807) is 0 Å². The van der Waals surface area contributed by atoms with Gasteiger partial charge in [-0.1, -0.05) is 176 Å². The standard InChI is InChI=1S/C52H30/c1-2-12-31(13-3-1)33-26-28-46-47-29-27-34(40-21-11-23-45(50(40)47)44-22-10-20-39(33)49(44)46)32-24-25-38-37-16-6-8-18-42(37)51-41-17-7-4-14-35(41)36-15-5-9-19-43(36)52(51)48(38)30-32/h1-30H. The van der Waals surface area contributed by atoms with Crippen molar-refractivity contribution < 1.29 is 0 Å². The summed E-state index contributed by atoms with van der Waals surface area (Å²) in [6.07, 6.45) is 0. The predicted octanol–water partition coefficient (Wildman–Crippen LogP) is 14.8. The van der Waals surface area contributed by atoms with Crippen molar-refractivity contribution in [1.29, 1.82) is 0 Å².